The van der Waals surface area contributed by atoms with Gasteiger partial charge in [-0.15, -0.1) is 21.5 Å². The molecule has 0 amide bonds. The van der Waals surface area contributed by atoms with Gasteiger partial charge in [-0.1, -0.05) is 59.2 Å². The molecule has 0 aliphatic carbocycles. The first-order valence-corrected chi connectivity index (χ1v) is 13.6. The second-order valence-electron chi connectivity index (χ2n) is 8.99. The minimum atomic E-state index is -0.342. The molecule has 10 heteroatoms. The van der Waals surface area contributed by atoms with E-state index in [0.717, 1.165) is 26.5 Å². The van der Waals surface area contributed by atoms with Crippen LogP contribution in [0.2, 0.25) is 10.0 Å². The number of hydrogen-bond donors (Lipinski definition) is 0. The molecule has 0 atom stereocenters. The second kappa shape index (κ2) is 8.64. The molecule has 1 aliphatic rings. The summed E-state index contributed by atoms with van der Waals surface area (Å²) in [5.41, 5.74) is 2.20. The molecule has 1 aliphatic heterocycles. The van der Waals surface area contributed by atoms with E-state index in [1.54, 1.807) is 15.9 Å². The van der Waals surface area contributed by atoms with E-state index in [-0.39, 0.29) is 11.2 Å². The molecule has 178 valence electrons. The lowest BCUT2D eigenvalue weighted by Gasteiger charge is -2.29. The summed E-state index contributed by atoms with van der Waals surface area (Å²) in [6, 6.07) is 15.0. The first-order valence-electron chi connectivity index (χ1n) is 11.0. The van der Waals surface area contributed by atoms with Gasteiger partial charge in [0.05, 0.1) is 23.3 Å². The van der Waals surface area contributed by atoms with Crippen molar-refractivity contribution in [2.24, 2.45) is 0 Å². The molecule has 6 nitrogen and oxygen atoms in total. The molecule has 35 heavy (non-hydrogen) atoms. The Morgan fingerprint density at radius 2 is 1.83 bits per heavy atom. The highest BCUT2D eigenvalue weighted by molar-refractivity contribution is 7.98. The molecular weight excluding hydrogens is 523 g/mol. The van der Waals surface area contributed by atoms with Gasteiger partial charge in [-0.2, -0.15) is 0 Å². The van der Waals surface area contributed by atoms with Gasteiger partial charge >= 0.3 is 0 Å². The fourth-order valence-corrected chi connectivity index (χ4v) is 7.37. The van der Waals surface area contributed by atoms with Crippen molar-refractivity contribution in [3.8, 4) is 5.69 Å². The van der Waals surface area contributed by atoms with Gasteiger partial charge in [0, 0.05) is 27.1 Å². The molecule has 0 spiro atoms. The molecule has 0 saturated heterocycles. The number of fused-ring (bicyclic) bond motifs is 5. The predicted molar refractivity (Wildman–Crippen MR) is 143 cm³/mol. The average molecular weight is 544 g/mol. The van der Waals surface area contributed by atoms with Crippen LogP contribution >= 0.6 is 46.3 Å². The Morgan fingerprint density at radius 1 is 1.09 bits per heavy atom. The lowest BCUT2D eigenvalue weighted by atomic mass is 9.94. The molecule has 5 aromatic rings. The smallest absolute Gasteiger partial charge is 0.268 e. The quantitative estimate of drug-likeness (QED) is 0.241. The Hall–Kier alpha value is -2.36. The normalized spacial score (nSPS) is 15.1. The highest BCUT2D eigenvalue weighted by Gasteiger charge is 2.32. The Balaban J connectivity index is 1.60. The molecule has 3 aromatic heterocycles. The van der Waals surface area contributed by atoms with E-state index >= 15 is 0 Å². The Kier molecular flexibility index (Phi) is 5.69. The van der Waals surface area contributed by atoms with Gasteiger partial charge < -0.3 is 4.74 Å². The highest BCUT2D eigenvalue weighted by atomic mass is 35.5. The van der Waals surface area contributed by atoms with Crippen molar-refractivity contribution in [3.63, 3.8) is 0 Å². The van der Waals surface area contributed by atoms with E-state index in [0.29, 0.717) is 45.1 Å². The van der Waals surface area contributed by atoms with Gasteiger partial charge in [0.25, 0.3) is 5.56 Å². The molecule has 4 heterocycles. The third-order valence-corrected chi connectivity index (χ3v) is 8.98. The summed E-state index contributed by atoms with van der Waals surface area (Å²) in [6.07, 6.45) is 0.664. The fourth-order valence-electron chi connectivity index (χ4n) is 4.41. The first-order chi connectivity index (χ1) is 16.8. The second-order valence-corrected chi connectivity index (χ2v) is 11.8. The van der Waals surface area contributed by atoms with Crippen LogP contribution in [-0.2, 0) is 23.5 Å². The predicted octanol–water partition coefficient (Wildman–Crippen LogP) is 6.55. The van der Waals surface area contributed by atoms with Crippen molar-refractivity contribution in [3.05, 3.63) is 84.9 Å². The lowest BCUT2D eigenvalue weighted by molar-refractivity contribution is -0.0379. The van der Waals surface area contributed by atoms with Crippen LogP contribution < -0.4 is 5.56 Å². The third-order valence-electron chi connectivity index (χ3n) is 6.13. The largest absolute Gasteiger partial charge is 0.370 e. The van der Waals surface area contributed by atoms with Gasteiger partial charge in [-0.3, -0.25) is 4.79 Å². The first kappa shape index (κ1) is 23.1. The number of hydrogen-bond acceptors (Lipinski definition) is 6. The number of benzene rings is 2. The Bertz CT molecular complexity index is 1640. The van der Waals surface area contributed by atoms with Crippen LogP contribution in [0.5, 0.6) is 0 Å². The Labute approximate surface area is 219 Å². The standard InChI is InChI=1S/C25H20Cl2N4O2S2/c1-25(2)11-15-19(12-33-25)35-22-20(15)21(32)30(14-7-4-3-5-8-14)23-28-29-24(31(22)23)34-13-16-17(26)9-6-10-18(16)27/h3-10H,11-13H2,1-2H3. The SMILES string of the molecule is CC1(C)Cc2c(sc3c2c(=O)n(-c2ccccc2)c2nnc(SCc4c(Cl)cccc4Cl)n32)CO1. The maximum absolute atomic E-state index is 14.0. The van der Waals surface area contributed by atoms with Crippen LogP contribution in [0.4, 0.5) is 0 Å². The number of nitrogens with zero attached hydrogens (tertiary/aromatic N) is 4. The Morgan fingerprint density at radius 3 is 2.57 bits per heavy atom. The molecule has 0 bridgehead atoms. The molecule has 6 rings (SSSR count). The zero-order valence-corrected chi connectivity index (χ0v) is 22.1. The third kappa shape index (κ3) is 3.88. The van der Waals surface area contributed by atoms with E-state index < -0.39 is 0 Å². The van der Waals surface area contributed by atoms with Crippen molar-refractivity contribution in [1.29, 1.82) is 0 Å². The van der Waals surface area contributed by atoms with Gasteiger partial charge in [0.1, 0.15) is 4.83 Å². The van der Waals surface area contributed by atoms with E-state index in [9.17, 15) is 4.79 Å². The van der Waals surface area contributed by atoms with Crippen LogP contribution in [0, 0.1) is 0 Å². The zero-order valence-electron chi connectivity index (χ0n) is 18.9. The topological polar surface area (TPSA) is 61.4 Å². The number of rotatable bonds is 4. The molecular formula is C25H20Cl2N4O2S2. The van der Waals surface area contributed by atoms with Crippen molar-refractivity contribution >= 4 is 62.3 Å². The monoisotopic (exact) mass is 542 g/mol. The van der Waals surface area contributed by atoms with Crippen LogP contribution in [0.25, 0.3) is 21.7 Å². The van der Waals surface area contributed by atoms with E-state index in [4.69, 9.17) is 27.9 Å². The molecule has 2 aromatic carbocycles. The molecule has 0 unspecified atom stereocenters. The van der Waals surface area contributed by atoms with Crippen molar-refractivity contribution < 1.29 is 4.74 Å². The summed E-state index contributed by atoms with van der Waals surface area (Å²) in [5.74, 6) is 0.993. The maximum atomic E-state index is 14.0. The summed E-state index contributed by atoms with van der Waals surface area (Å²) in [6.45, 7) is 4.59. The minimum Gasteiger partial charge on any atom is -0.370 e. The van der Waals surface area contributed by atoms with Gasteiger partial charge in [-0.05, 0) is 49.2 Å². The average Bonchev–Trinajstić information content (AvgIpc) is 3.40. The number of thiophene rings is 1. The molecule has 0 saturated carbocycles. The van der Waals surface area contributed by atoms with Crippen molar-refractivity contribution in [1.82, 2.24) is 19.2 Å². The minimum absolute atomic E-state index is 0.0907. The summed E-state index contributed by atoms with van der Waals surface area (Å²) in [5, 5.41) is 11.5. The van der Waals surface area contributed by atoms with Crippen LogP contribution in [0.3, 0.4) is 0 Å². The number of thioether (sulfide) groups is 1. The van der Waals surface area contributed by atoms with Gasteiger partial charge in [0.2, 0.25) is 5.78 Å². The molecule has 0 radical (unpaired) electrons. The zero-order chi connectivity index (χ0) is 24.3. The van der Waals surface area contributed by atoms with E-state index in [1.807, 2.05) is 52.9 Å². The van der Waals surface area contributed by atoms with E-state index in [2.05, 4.69) is 24.0 Å². The van der Waals surface area contributed by atoms with Gasteiger partial charge in [-0.25, -0.2) is 8.97 Å². The van der Waals surface area contributed by atoms with Crippen LogP contribution in [-0.4, -0.2) is 24.8 Å². The number of halogens is 2. The maximum Gasteiger partial charge on any atom is 0.268 e. The van der Waals surface area contributed by atoms with Crippen molar-refractivity contribution in [2.75, 3.05) is 0 Å². The van der Waals surface area contributed by atoms with Crippen LogP contribution in [0.1, 0.15) is 29.9 Å². The summed E-state index contributed by atoms with van der Waals surface area (Å²) >= 11 is 15.9. The van der Waals surface area contributed by atoms with Crippen LogP contribution in [0.15, 0.2) is 58.5 Å². The molecule has 0 N–H and O–H groups in total. The van der Waals surface area contributed by atoms with Gasteiger partial charge in [0.15, 0.2) is 5.16 Å². The summed E-state index contributed by atoms with van der Waals surface area (Å²) < 4.78 is 9.69. The number of para-hydroxylation sites is 1. The molecule has 0 fully saturated rings. The fraction of sp³-hybridized carbons (Fsp3) is 0.240. The number of aromatic nitrogens is 4. The summed E-state index contributed by atoms with van der Waals surface area (Å²) in [7, 11) is 0. The number of ether oxygens (including phenoxy) is 1. The lowest BCUT2D eigenvalue weighted by Crippen LogP contribution is -2.32. The van der Waals surface area contributed by atoms with E-state index in [1.165, 1.54) is 11.8 Å². The summed E-state index contributed by atoms with van der Waals surface area (Å²) in [4.78, 5) is 15.9. The van der Waals surface area contributed by atoms with Crippen molar-refractivity contribution in [2.45, 2.75) is 43.4 Å². The highest BCUT2D eigenvalue weighted by Crippen LogP contribution is 2.39.